The van der Waals surface area contributed by atoms with Crippen LogP contribution in [0.3, 0.4) is 0 Å². The number of aromatic amines is 1. The minimum absolute atomic E-state index is 0. The van der Waals surface area contributed by atoms with Gasteiger partial charge in [0.25, 0.3) is 10.1 Å². The second-order valence-electron chi connectivity index (χ2n) is 7.34. The molecule has 0 amide bonds. The van der Waals surface area contributed by atoms with Crippen LogP contribution in [0.1, 0.15) is 0 Å². The first-order valence-corrected chi connectivity index (χ1v) is 11.2. The lowest BCUT2D eigenvalue weighted by Gasteiger charge is -2.09. The SMILES string of the molecule is COc1cc(-c2ccccc2)ccc1-c1nc2c(ccc3cc(S(=O)(=O)O)cc(O)c32)[nH]1.Cl. The van der Waals surface area contributed by atoms with Crippen LogP contribution >= 0.6 is 12.4 Å². The molecule has 1 aromatic heterocycles. The number of hydrogen-bond acceptors (Lipinski definition) is 5. The molecular weight excluding hydrogens is 464 g/mol. The molecule has 4 aromatic carbocycles. The summed E-state index contributed by atoms with van der Waals surface area (Å²) in [6.45, 7) is 0. The summed E-state index contributed by atoms with van der Waals surface area (Å²) in [5, 5.41) is 11.3. The quantitative estimate of drug-likeness (QED) is 0.294. The maximum atomic E-state index is 11.5. The van der Waals surface area contributed by atoms with Gasteiger partial charge in [0.05, 0.1) is 28.5 Å². The Kier molecular flexibility index (Phi) is 5.75. The highest BCUT2D eigenvalue weighted by molar-refractivity contribution is 7.85. The highest BCUT2D eigenvalue weighted by Gasteiger charge is 2.18. The van der Waals surface area contributed by atoms with Gasteiger partial charge in [-0.05, 0) is 40.8 Å². The minimum atomic E-state index is -4.45. The number of H-pyrrole nitrogens is 1. The van der Waals surface area contributed by atoms with E-state index in [2.05, 4.69) is 9.97 Å². The normalized spacial score (nSPS) is 11.5. The summed E-state index contributed by atoms with van der Waals surface area (Å²) in [6, 6.07) is 21.5. The third-order valence-electron chi connectivity index (χ3n) is 5.38. The number of aromatic hydroxyl groups is 1. The molecule has 9 heteroatoms. The van der Waals surface area contributed by atoms with E-state index < -0.39 is 10.1 Å². The van der Waals surface area contributed by atoms with Crippen LogP contribution in [0.4, 0.5) is 0 Å². The summed E-state index contributed by atoms with van der Waals surface area (Å²) >= 11 is 0. The summed E-state index contributed by atoms with van der Waals surface area (Å²) in [5.74, 6) is 0.889. The van der Waals surface area contributed by atoms with Crippen molar-refractivity contribution in [3.63, 3.8) is 0 Å². The van der Waals surface area contributed by atoms with Gasteiger partial charge in [0.1, 0.15) is 22.8 Å². The zero-order chi connectivity index (χ0) is 22.5. The van der Waals surface area contributed by atoms with Gasteiger partial charge in [-0.15, -0.1) is 12.4 Å². The first-order chi connectivity index (χ1) is 15.3. The van der Waals surface area contributed by atoms with Crippen LogP contribution in [-0.4, -0.2) is 35.2 Å². The van der Waals surface area contributed by atoms with Crippen molar-refractivity contribution < 1.29 is 22.8 Å². The molecule has 7 nitrogen and oxygen atoms in total. The Morgan fingerprint density at radius 3 is 2.39 bits per heavy atom. The molecule has 0 atom stereocenters. The van der Waals surface area contributed by atoms with Crippen LogP contribution in [0.15, 0.2) is 77.7 Å². The largest absolute Gasteiger partial charge is 0.507 e. The fourth-order valence-electron chi connectivity index (χ4n) is 3.86. The Balaban J connectivity index is 0.00000259. The number of phenols is 1. The molecule has 0 bridgehead atoms. The van der Waals surface area contributed by atoms with Crippen LogP contribution in [0, 0.1) is 0 Å². The number of aromatic nitrogens is 2. The second-order valence-corrected chi connectivity index (χ2v) is 8.77. The molecule has 0 aliphatic rings. The molecule has 0 saturated carbocycles. The van der Waals surface area contributed by atoms with E-state index in [4.69, 9.17) is 4.74 Å². The Morgan fingerprint density at radius 1 is 0.939 bits per heavy atom. The van der Waals surface area contributed by atoms with Crippen molar-refractivity contribution in [2.45, 2.75) is 4.90 Å². The van der Waals surface area contributed by atoms with E-state index in [1.165, 1.54) is 6.07 Å². The average Bonchev–Trinajstić information content (AvgIpc) is 3.22. The smallest absolute Gasteiger partial charge is 0.294 e. The third kappa shape index (κ3) is 4.00. The number of fused-ring (bicyclic) bond motifs is 3. The lowest BCUT2D eigenvalue weighted by atomic mass is 10.0. The Labute approximate surface area is 195 Å². The number of halogens is 1. The highest BCUT2D eigenvalue weighted by Crippen LogP contribution is 2.37. The van der Waals surface area contributed by atoms with Crippen LogP contribution in [0.2, 0.25) is 0 Å². The van der Waals surface area contributed by atoms with Crippen molar-refractivity contribution in [1.82, 2.24) is 9.97 Å². The Morgan fingerprint density at radius 2 is 1.70 bits per heavy atom. The zero-order valence-corrected chi connectivity index (χ0v) is 18.9. The highest BCUT2D eigenvalue weighted by atomic mass is 35.5. The lowest BCUT2D eigenvalue weighted by Crippen LogP contribution is -1.97. The maximum absolute atomic E-state index is 11.5. The van der Waals surface area contributed by atoms with Gasteiger partial charge < -0.3 is 14.8 Å². The molecule has 0 aliphatic heterocycles. The molecule has 0 spiro atoms. The van der Waals surface area contributed by atoms with Crippen LogP contribution in [-0.2, 0) is 10.1 Å². The lowest BCUT2D eigenvalue weighted by molar-refractivity contribution is 0.416. The Hall–Kier alpha value is -3.59. The third-order valence-corrected chi connectivity index (χ3v) is 6.21. The van der Waals surface area contributed by atoms with Gasteiger partial charge >= 0.3 is 0 Å². The second kappa shape index (κ2) is 8.40. The van der Waals surface area contributed by atoms with Crippen molar-refractivity contribution in [3.8, 4) is 34.0 Å². The van der Waals surface area contributed by atoms with E-state index in [0.717, 1.165) is 22.8 Å². The van der Waals surface area contributed by atoms with Crippen LogP contribution in [0.25, 0.3) is 44.3 Å². The van der Waals surface area contributed by atoms with Crippen molar-refractivity contribution in [2.75, 3.05) is 7.11 Å². The van der Waals surface area contributed by atoms with Crippen molar-refractivity contribution in [1.29, 1.82) is 0 Å². The molecule has 1 heterocycles. The van der Waals surface area contributed by atoms with E-state index >= 15 is 0 Å². The molecule has 0 saturated heterocycles. The molecule has 0 unspecified atom stereocenters. The fraction of sp³-hybridized carbons (Fsp3) is 0.0417. The molecule has 168 valence electrons. The van der Waals surface area contributed by atoms with E-state index in [9.17, 15) is 18.1 Å². The molecule has 33 heavy (non-hydrogen) atoms. The summed E-state index contributed by atoms with van der Waals surface area (Å²) in [4.78, 5) is 7.53. The molecule has 5 rings (SSSR count). The van der Waals surface area contributed by atoms with Gasteiger partial charge in [-0.1, -0.05) is 42.5 Å². The number of ether oxygens (including phenoxy) is 1. The summed E-state index contributed by atoms with van der Waals surface area (Å²) in [6.07, 6.45) is 0. The Bertz CT molecular complexity index is 1600. The zero-order valence-electron chi connectivity index (χ0n) is 17.3. The average molecular weight is 483 g/mol. The van der Waals surface area contributed by atoms with Crippen molar-refractivity contribution in [3.05, 3.63) is 72.8 Å². The van der Waals surface area contributed by atoms with Crippen molar-refractivity contribution in [2.24, 2.45) is 0 Å². The standard InChI is InChI=1S/C24H18N2O5S.ClH/c1-31-21-12-15(14-5-3-2-4-6-14)7-9-18(21)24-25-19-10-8-16-11-17(32(28,29)30)13-20(27)22(16)23(19)26-24;/h2-13,27H,1H3,(H,25,26)(H,28,29,30);1H. The van der Waals surface area contributed by atoms with Crippen LogP contribution < -0.4 is 4.74 Å². The first-order valence-electron chi connectivity index (χ1n) is 9.72. The molecule has 5 aromatic rings. The van der Waals surface area contributed by atoms with Gasteiger partial charge in [0, 0.05) is 6.07 Å². The number of imidazole rings is 1. The van der Waals surface area contributed by atoms with E-state index in [1.54, 1.807) is 19.2 Å². The predicted octanol–water partition coefficient (Wildman–Crippen LogP) is 5.43. The molecule has 0 aliphatic carbocycles. The summed E-state index contributed by atoms with van der Waals surface area (Å²) in [7, 11) is -2.86. The molecular formula is C24H19ClN2O5S. The number of benzene rings is 4. The number of hydrogen-bond donors (Lipinski definition) is 3. The number of nitrogens with one attached hydrogen (secondary N) is 1. The fourth-order valence-corrected chi connectivity index (χ4v) is 4.39. The molecule has 0 fully saturated rings. The number of nitrogens with zero attached hydrogens (tertiary/aromatic N) is 1. The topological polar surface area (TPSA) is 113 Å². The molecule has 3 N–H and O–H groups in total. The predicted molar refractivity (Wildman–Crippen MR) is 130 cm³/mol. The summed E-state index contributed by atoms with van der Waals surface area (Å²) in [5.41, 5.74) is 3.95. The van der Waals surface area contributed by atoms with Crippen molar-refractivity contribution >= 4 is 44.3 Å². The van der Waals surface area contributed by atoms with E-state index in [1.807, 2.05) is 48.5 Å². The molecule has 0 radical (unpaired) electrons. The maximum Gasteiger partial charge on any atom is 0.294 e. The first kappa shape index (κ1) is 22.6. The monoisotopic (exact) mass is 482 g/mol. The van der Waals surface area contributed by atoms with Gasteiger partial charge in [-0.25, -0.2) is 4.98 Å². The number of phenolic OH excluding ortho intramolecular Hbond substituents is 1. The van der Waals surface area contributed by atoms with Gasteiger partial charge in [-0.3, -0.25) is 4.55 Å². The van der Waals surface area contributed by atoms with E-state index in [0.29, 0.717) is 33.4 Å². The number of methoxy groups -OCH3 is 1. The van der Waals surface area contributed by atoms with Gasteiger partial charge in [0.15, 0.2) is 0 Å². The minimum Gasteiger partial charge on any atom is -0.507 e. The van der Waals surface area contributed by atoms with Gasteiger partial charge in [0.2, 0.25) is 0 Å². The summed E-state index contributed by atoms with van der Waals surface area (Å²) < 4.78 is 37.9. The van der Waals surface area contributed by atoms with Crippen LogP contribution in [0.5, 0.6) is 11.5 Å². The number of rotatable bonds is 4. The van der Waals surface area contributed by atoms with Gasteiger partial charge in [-0.2, -0.15) is 8.42 Å². The van der Waals surface area contributed by atoms with E-state index in [-0.39, 0.29) is 23.1 Å².